The van der Waals surface area contributed by atoms with E-state index >= 15 is 0 Å². The lowest BCUT2D eigenvalue weighted by molar-refractivity contribution is 0.414. The molecule has 0 atom stereocenters. The van der Waals surface area contributed by atoms with Crippen LogP contribution in [-0.2, 0) is 6.54 Å². The van der Waals surface area contributed by atoms with Crippen molar-refractivity contribution < 1.29 is 4.74 Å². The summed E-state index contributed by atoms with van der Waals surface area (Å²) in [7, 11) is 1.64. The summed E-state index contributed by atoms with van der Waals surface area (Å²) in [5, 5.41) is 3.19. The summed E-state index contributed by atoms with van der Waals surface area (Å²) in [5.41, 5.74) is 12.7. The van der Waals surface area contributed by atoms with Gasteiger partial charge in [0, 0.05) is 6.54 Å². The van der Waals surface area contributed by atoms with E-state index in [0.717, 1.165) is 11.3 Å². The second-order valence-electron chi connectivity index (χ2n) is 4.08. The number of aliphatic imine (C=N–C) groups is 1. The van der Waals surface area contributed by atoms with Gasteiger partial charge in [-0.2, -0.15) is 0 Å². The molecule has 1 heterocycles. The first-order valence-electron chi connectivity index (χ1n) is 6.10. The van der Waals surface area contributed by atoms with Crippen LogP contribution in [0, 0.1) is 0 Å². The van der Waals surface area contributed by atoms with Crippen LogP contribution in [0.3, 0.4) is 0 Å². The number of nitrogens with one attached hydrogen (secondary N) is 1. The third kappa shape index (κ3) is 3.38. The van der Waals surface area contributed by atoms with Gasteiger partial charge < -0.3 is 21.5 Å². The summed E-state index contributed by atoms with van der Waals surface area (Å²) in [4.78, 5) is 8.12. The van der Waals surface area contributed by atoms with E-state index in [0.29, 0.717) is 23.9 Å². The lowest BCUT2D eigenvalue weighted by Gasteiger charge is -2.08. The maximum absolute atomic E-state index is 5.78. The molecule has 0 radical (unpaired) electrons. The molecule has 6 heteroatoms. The van der Waals surface area contributed by atoms with Crippen LogP contribution in [0.25, 0.3) is 0 Å². The Balaban J connectivity index is 2.05. The zero-order valence-electron chi connectivity index (χ0n) is 11.2. The third-order valence-electron chi connectivity index (χ3n) is 2.72. The Bertz CT molecular complexity index is 612. The van der Waals surface area contributed by atoms with Crippen molar-refractivity contribution in [1.29, 1.82) is 0 Å². The first-order chi connectivity index (χ1) is 9.72. The molecule has 5 N–H and O–H groups in total. The molecule has 6 nitrogen and oxygen atoms in total. The van der Waals surface area contributed by atoms with Gasteiger partial charge in [0.2, 0.25) is 0 Å². The molecule has 0 amide bonds. The zero-order valence-corrected chi connectivity index (χ0v) is 11.2. The fraction of sp³-hybridized carbons (Fsp3) is 0.143. The van der Waals surface area contributed by atoms with Gasteiger partial charge >= 0.3 is 0 Å². The molecule has 104 valence electrons. The molecule has 0 saturated carbocycles. The predicted octanol–water partition coefficient (Wildman–Crippen LogP) is 1.90. The Hall–Kier alpha value is -2.76. The van der Waals surface area contributed by atoms with Crippen molar-refractivity contribution in [3.8, 4) is 5.75 Å². The number of rotatable bonds is 5. The van der Waals surface area contributed by atoms with Crippen LogP contribution in [0.4, 0.5) is 17.3 Å². The number of hydrogen-bond acceptors (Lipinski definition) is 5. The Morgan fingerprint density at radius 1 is 1.35 bits per heavy atom. The molecule has 0 saturated heterocycles. The second kappa shape index (κ2) is 6.42. The highest BCUT2D eigenvalue weighted by atomic mass is 16.5. The van der Waals surface area contributed by atoms with Crippen LogP contribution < -0.4 is 21.5 Å². The lowest BCUT2D eigenvalue weighted by Crippen LogP contribution is -2.03. The minimum atomic E-state index is 0.336. The highest BCUT2D eigenvalue weighted by Crippen LogP contribution is 2.21. The monoisotopic (exact) mass is 271 g/mol. The molecule has 0 aliphatic heterocycles. The highest BCUT2D eigenvalue weighted by molar-refractivity contribution is 5.68. The molecular formula is C14H17N5O. The molecule has 0 bridgehead atoms. The number of aromatic nitrogens is 1. The summed E-state index contributed by atoms with van der Waals surface area (Å²) < 4.78 is 5.18. The first-order valence-corrected chi connectivity index (χ1v) is 6.10. The average Bonchev–Trinajstić information content (AvgIpc) is 2.48. The average molecular weight is 271 g/mol. The van der Waals surface area contributed by atoms with Gasteiger partial charge in [0.05, 0.1) is 13.4 Å². The molecule has 0 aliphatic rings. The third-order valence-corrected chi connectivity index (χ3v) is 2.72. The van der Waals surface area contributed by atoms with E-state index in [-0.39, 0.29) is 0 Å². The topological polar surface area (TPSA) is 98.5 Å². The van der Waals surface area contributed by atoms with Gasteiger partial charge in [-0.15, -0.1) is 0 Å². The molecule has 0 aliphatic carbocycles. The molecule has 0 spiro atoms. The number of benzene rings is 1. The summed E-state index contributed by atoms with van der Waals surface area (Å²) in [6, 6.07) is 11.4. The van der Waals surface area contributed by atoms with Crippen molar-refractivity contribution >= 4 is 23.7 Å². The van der Waals surface area contributed by atoms with Gasteiger partial charge in [0.1, 0.15) is 17.3 Å². The highest BCUT2D eigenvalue weighted by Gasteiger charge is 2.01. The molecule has 0 fully saturated rings. The van der Waals surface area contributed by atoms with Crippen molar-refractivity contribution in [2.24, 2.45) is 10.7 Å². The number of anilines is 2. The van der Waals surface area contributed by atoms with Crippen molar-refractivity contribution in [2.75, 3.05) is 18.2 Å². The van der Waals surface area contributed by atoms with Crippen LogP contribution in [0.15, 0.2) is 41.4 Å². The van der Waals surface area contributed by atoms with Gasteiger partial charge in [-0.1, -0.05) is 12.1 Å². The molecular weight excluding hydrogens is 254 g/mol. The minimum absolute atomic E-state index is 0.336. The van der Waals surface area contributed by atoms with Crippen molar-refractivity contribution in [1.82, 2.24) is 4.98 Å². The Labute approximate surface area is 117 Å². The van der Waals surface area contributed by atoms with Gasteiger partial charge in [0.15, 0.2) is 5.82 Å². The first kappa shape index (κ1) is 13.7. The van der Waals surface area contributed by atoms with E-state index < -0.39 is 0 Å². The number of nitrogens with two attached hydrogens (primary N) is 2. The zero-order chi connectivity index (χ0) is 14.4. The van der Waals surface area contributed by atoms with E-state index in [9.17, 15) is 0 Å². The van der Waals surface area contributed by atoms with E-state index in [2.05, 4.69) is 15.3 Å². The van der Waals surface area contributed by atoms with Crippen LogP contribution in [0.2, 0.25) is 0 Å². The maximum atomic E-state index is 5.78. The molecule has 2 rings (SSSR count). The van der Waals surface area contributed by atoms with Gasteiger partial charge in [0.25, 0.3) is 0 Å². The predicted molar refractivity (Wildman–Crippen MR) is 81.3 cm³/mol. The van der Waals surface area contributed by atoms with Crippen molar-refractivity contribution in [3.05, 3.63) is 42.0 Å². The summed E-state index contributed by atoms with van der Waals surface area (Å²) >= 11 is 0. The number of nitrogen functional groups attached to an aromatic ring is 1. The van der Waals surface area contributed by atoms with Crippen LogP contribution in [0.5, 0.6) is 5.75 Å². The molecule has 20 heavy (non-hydrogen) atoms. The summed E-state index contributed by atoms with van der Waals surface area (Å²) in [6.45, 7) is 0.628. The summed E-state index contributed by atoms with van der Waals surface area (Å²) in [5.74, 6) is 1.84. The van der Waals surface area contributed by atoms with E-state index in [1.165, 1.54) is 6.34 Å². The Kier molecular flexibility index (Phi) is 4.39. The smallest absolute Gasteiger partial charge is 0.151 e. The van der Waals surface area contributed by atoms with Crippen LogP contribution in [-0.4, -0.2) is 18.4 Å². The van der Waals surface area contributed by atoms with Gasteiger partial charge in [-0.25, -0.2) is 9.98 Å². The number of hydrogen-bond donors (Lipinski definition) is 3. The molecule has 1 aromatic carbocycles. The van der Waals surface area contributed by atoms with Crippen LogP contribution >= 0.6 is 0 Å². The van der Waals surface area contributed by atoms with Gasteiger partial charge in [-0.3, -0.25) is 0 Å². The Morgan fingerprint density at radius 3 is 2.90 bits per heavy atom. The second-order valence-corrected chi connectivity index (χ2v) is 4.08. The normalized spacial score (nSPS) is 10.7. The van der Waals surface area contributed by atoms with E-state index in [4.69, 9.17) is 16.2 Å². The number of methoxy groups -OCH3 is 1. The van der Waals surface area contributed by atoms with Crippen LogP contribution in [0.1, 0.15) is 5.56 Å². The Morgan fingerprint density at radius 2 is 2.20 bits per heavy atom. The molecule has 0 unspecified atom stereocenters. The lowest BCUT2D eigenvalue weighted by atomic mass is 10.2. The number of nitrogens with zero attached hydrogens (tertiary/aromatic N) is 2. The van der Waals surface area contributed by atoms with E-state index in [1.807, 2.05) is 24.3 Å². The number of ether oxygens (including phenoxy) is 1. The minimum Gasteiger partial charge on any atom is -0.497 e. The fourth-order valence-electron chi connectivity index (χ4n) is 1.73. The van der Waals surface area contributed by atoms with E-state index in [1.54, 1.807) is 19.2 Å². The quantitative estimate of drug-likeness (QED) is 0.570. The fourth-order valence-corrected chi connectivity index (χ4v) is 1.73. The van der Waals surface area contributed by atoms with Crippen molar-refractivity contribution in [2.45, 2.75) is 6.54 Å². The molecule has 2 aromatic rings. The SMILES string of the molecule is COc1cccc(CNc2ccc(N=CN)c(N)n2)c1. The molecule has 1 aromatic heterocycles. The maximum Gasteiger partial charge on any atom is 0.151 e. The standard InChI is InChI=1S/C14H17N5O/c1-20-11-4-2-3-10(7-11)8-17-13-6-5-12(18-9-15)14(16)19-13/h2-7,9H,8H2,1H3,(H2,15,18)(H3,16,17,19). The van der Waals surface area contributed by atoms with Gasteiger partial charge in [-0.05, 0) is 29.8 Å². The largest absolute Gasteiger partial charge is 0.497 e. The van der Waals surface area contributed by atoms with Crippen molar-refractivity contribution in [3.63, 3.8) is 0 Å². The number of pyridine rings is 1. The summed E-state index contributed by atoms with van der Waals surface area (Å²) in [6.07, 6.45) is 1.19.